The normalized spacial score (nSPS) is 10.2. The molecule has 0 fully saturated rings. The molecule has 4 heteroatoms. The summed E-state index contributed by atoms with van der Waals surface area (Å²) in [4.78, 5) is 15.3. The number of benzene rings is 2. The highest BCUT2D eigenvalue weighted by Gasteiger charge is 2.08. The second-order valence-corrected chi connectivity index (χ2v) is 6.16. The lowest BCUT2D eigenvalue weighted by Crippen LogP contribution is -2.01. The van der Waals surface area contributed by atoms with Gasteiger partial charge >= 0.3 is 5.97 Å². The molecule has 0 bridgehead atoms. The fourth-order valence-electron chi connectivity index (χ4n) is 2.84. The van der Waals surface area contributed by atoms with E-state index in [0.29, 0.717) is 12.0 Å². The Balaban J connectivity index is 1.82. The summed E-state index contributed by atoms with van der Waals surface area (Å²) in [5.41, 5.74) is 5.33. The van der Waals surface area contributed by atoms with Crippen LogP contribution in [0.2, 0.25) is 0 Å². The van der Waals surface area contributed by atoms with E-state index in [1.165, 1.54) is 11.1 Å². The Labute approximate surface area is 153 Å². The van der Waals surface area contributed by atoms with Gasteiger partial charge < -0.3 is 9.67 Å². The van der Waals surface area contributed by atoms with E-state index in [1.807, 2.05) is 29.8 Å². The van der Waals surface area contributed by atoms with Crippen molar-refractivity contribution in [1.29, 1.82) is 0 Å². The SMILES string of the molecule is CCc1cc(C#Cc2ccc(Cn3ccnc3)c(C)c2)ccc1C(=O)O. The molecule has 0 saturated heterocycles. The molecular formula is C22H20N2O2. The molecule has 3 rings (SSSR count). The summed E-state index contributed by atoms with van der Waals surface area (Å²) in [5.74, 6) is 5.41. The molecule has 1 aromatic heterocycles. The van der Waals surface area contributed by atoms with Crippen molar-refractivity contribution < 1.29 is 9.90 Å². The van der Waals surface area contributed by atoms with Gasteiger partial charge in [0, 0.05) is 30.1 Å². The molecule has 0 amide bonds. The maximum atomic E-state index is 11.2. The highest BCUT2D eigenvalue weighted by Crippen LogP contribution is 2.14. The number of hydrogen-bond acceptors (Lipinski definition) is 2. The van der Waals surface area contributed by atoms with Gasteiger partial charge in [0.2, 0.25) is 0 Å². The molecule has 0 aliphatic heterocycles. The van der Waals surface area contributed by atoms with E-state index in [-0.39, 0.29) is 0 Å². The molecule has 26 heavy (non-hydrogen) atoms. The Hall–Kier alpha value is -3.32. The maximum absolute atomic E-state index is 11.2. The molecule has 0 aliphatic carbocycles. The highest BCUT2D eigenvalue weighted by molar-refractivity contribution is 5.89. The van der Waals surface area contributed by atoms with Gasteiger partial charge in [0.05, 0.1) is 11.9 Å². The summed E-state index contributed by atoms with van der Waals surface area (Å²) in [6, 6.07) is 11.4. The predicted molar refractivity (Wildman–Crippen MR) is 101 cm³/mol. The van der Waals surface area contributed by atoms with Gasteiger partial charge in [-0.3, -0.25) is 0 Å². The Bertz CT molecular complexity index is 993. The minimum absolute atomic E-state index is 0.345. The summed E-state index contributed by atoms with van der Waals surface area (Å²) in [7, 11) is 0. The van der Waals surface area contributed by atoms with Gasteiger partial charge in [-0.25, -0.2) is 9.78 Å². The van der Waals surface area contributed by atoms with Crippen molar-refractivity contribution in [3.8, 4) is 11.8 Å². The van der Waals surface area contributed by atoms with Crippen LogP contribution in [0.1, 0.15) is 45.1 Å². The standard InChI is InChI=1S/C22H20N2O2/c1-3-19-13-18(7-9-21(19)22(25)26)5-4-17-6-8-20(16(2)12-17)14-24-11-10-23-15-24/h6-13,15H,3,14H2,1-2H3,(H,25,26). The number of carbonyl (C=O) groups is 1. The molecular weight excluding hydrogens is 324 g/mol. The Kier molecular flexibility index (Phi) is 5.19. The summed E-state index contributed by atoms with van der Waals surface area (Å²) in [5, 5.41) is 9.20. The van der Waals surface area contributed by atoms with Crippen LogP contribution >= 0.6 is 0 Å². The third kappa shape index (κ3) is 4.01. The lowest BCUT2D eigenvalue weighted by molar-refractivity contribution is 0.0695. The van der Waals surface area contributed by atoms with E-state index in [9.17, 15) is 9.90 Å². The number of hydrogen-bond donors (Lipinski definition) is 1. The molecule has 130 valence electrons. The van der Waals surface area contributed by atoms with Crippen molar-refractivity contribution in [1.82, 2.24) is 9.55 Å². The number of carboxylic acid groups (broad SMARTS) is 1. The second-order valence-electron chi connectivity index (χ2n) is 6.16. The number of aryl methyl sites for hydroxylation is 2. The van der Waals surface area contributed by atoms with Crippen molar-refractivity contribution in [2.45, 2.75) is 26.8 Å². The first-order valence-electron chi connectivity index (χ1n) is 8.50. The molecule has 0 atom stereocenters. The van der Waals surface area contributed by atoms with E-state index in [1.54, 1.807) is 24.7 Å². The first-order valence-corrected chi connectivity index (χ1v) is 8.50. The van der Waals surface area contributed by atoms with E-state index in [4.69, 9.17) is 0 Å². The molecule has 1 heterocycles. The first-order chi connectivity index (χ1) is 12.6. The Morgan fingerprint density at radius 1 is 1.12 bits per heavy atom. The third-order valence-corrected chi connectivity index (χ3v) is 4.32. The largest absolute Gasteiger partial charge is 0.478 e. The molecule has 0 spiro atoms. The van der Waals surface area contributed by atoms with Gasteiger partial charge in [0.15, 0.2) is 0 Å². The highest BCUT2D eigenvalue weighted by atomic mass is 16.4. The Morgan fingerprint density at radius 2 is 1.85 bits per heavy atom. The molecule has 0 unspecified atom stereocenters. The fraction of sp³-hybridized carbons (Fsp3) is 0.182. The number of carboxylic acids is 1. The Morgan fingerprint density at radius 3 is 2.46 bits per heavy atom. The van der Waals surface area contributed by atoms with Crippen molar-refractivity contribution in [2.24, 2.45) is 0 Å². The fourth-order valence-corrected chi connectivity index (χ4v) is 2.84. The molecule has 0 saturated carbocycles. The zero-order chi connectivity index (χ0) is 18.5. The topological polar surface area (TPSA) is 55.1 Å². The van der Waals surface area contributed by atoms with Crippen LogP contribution in [0.25, 0.3) is 0 Å². The minimum Gasteiger partial charge on any atom is -0.478 e. The number of imidazole rings is 1. The second kappa shape index (κ2) is 7.71. The maximum Gasteiger partial charge on any atom is 0.335 e. The lowest BCUT2D eigenvalue weighted by Gasteiger charge is -2.07. The van der Waals surface area contributed by atoms with Gasteiger partial charge in [0.25, 0.3) is 0 Å². The minimum atomic E-state index is -0.898. The van der Waals surface area contributed by atoms with Crippen LogP contribution in [-0.2, 0) is 13.0 Å². The average Bonchev–Trinajstić information content (AvgIpc) is 3.14. The van der Waals surface area contributed by atoms with E-state index >= 15 is 0 Å². The third-order valence-electron chi connectivity index (χ3n) is 4.32. The molecule has 3 aromatic rings. The van der Waals surface area contributed by atoms with Gasteiger partial charge in [0.1, 0.15) is 0 Å². The van der Waals surface area contributed by atoms with Crippen molar-refractivity contribution in [3.05, 3.63) is 88.5 Å². The van der Waals surface area contributed by atoms with Gasteiger partial charge in [-0.05, 0) is 60.4 Å². The molecule has 1 N–H and O–H groups in total. The van der Waals surface area contributed by atoms with Gasteiger partial charge in [-0.1, -0.05) is 24.8 Å². The molecule has 0 radical (unpaired) electrons. The van der Waals surface area contributed by atoms with Gasteiger partial charge in [-0.2, -0.15) is 0 Å². The van der Waals surface area contributed by atoms with E-state index in [2.05, 4.69) is 35.9 Å². The molecule has 4 nitrogen and oxygen atoms in total. The molecule has 2 aromatic carbocycles. The summed E-state index contributed by atoms with van der Waals surface area (Å²) < 4.78 is 2.03. The zero-order valence-corrected chi connectivity index (χ0v) is 14.9. The molecule has 0 aliphatic rings. The lowest BCUT2D eigenvalue weighted by atomic mass is 10.0. The van der Waals surface area contributed by atoms with E-state index in [0.717, 1.165) is 23.2 Å². The zero-order valence-electron chi connectivity index (χ0n) is 14.9. The predicted octanol–water partition coefficient (Wildman–Crippen LogP) is 3.90. The van der Waals surface area contributed by atoms with Crippen molar-refractivity contribution in [3.63, 3.8) is 0 Å². The van der Waals surface area contributed by atoms with Crippen LogP contribution in [0.5, 0.6) is 0 Å². The number of rotatable bonds is 4. The first kappa shape index (κ1) is 17.5. The van der Waals surface area contributed by atoms with Crippen LogP contribution in [0, 0.1) is 18.8 Å². The van der Waals surface area contributed by atoms with Gasteiger partial charge in [-0.15, -0.1) is 0 Å². The number of nitrogens with zero attached hydrogens (tertiary/aromatic N) is 2. The van der Waals surface area contributed by atoms with Crippen LogP contribution < -0.4 is 0 Å². The quantitative estimate of drug-likeness (QED) is 0.730. The monoisotopic (exact) mass is 344 g/mol. The van der Waals surface area contributed by atoms with Crippen LogP contribution in [0.15, 0.2) is 55.1 Å². The van der Waals surface area contributed by atoms with Crippen LogP contribution in [0.4, 0.5) is 0 Å². The summed E-state index contributed by atoms with van der Waals surface area (Å²) >= 11 is 0. The van der Waals surface area contributed by atoms with Crippen LogP contribution in [0.3, 0.4) is 0 Å². The van der Waals surface area contributed by atoms with Crippen molar-refractivity contribution in [2.75, 3.05) is 0 Å². The van der Waals surface area contributed by atoms with Crippen LogP contribution in [-0.4, -0.2) is 20.6 Å². The van der Waals surface area contributed by atoms with E-state index < -0.39 is 5.97 Å². The summed E-state index contributed by atoms with van der Waals surface area (Å²) in [6.45, 7) is 4.81. The summed E-state index contributed by atoms with van der Waals surface area (Å²) in [6.07, 6.45) is 6.19. The van der Waals surface area contributed by atoms with Crippen molar-refractivity contribution >= 4 is 5.97 Å². The smallest absolute Gasteiger partial charge is 0.335 e. The average molecular weight is 344 g/mol. The number of aromatic nitrogens is 2. The number of aromatic carboxylic acids is 1.